The number of carbonyl (C=O) groups is 1. The van der Waals surface area contributed by atoms with Gasteiger partial charge < -0.3 is 20.4 Å². The minimum atomic E-state index is -0.0112. The van der Waals surface area contributed by atoms with E-state index in [9.17, 15) is 4.79 Å². The van der Waals surface area contributed by atoms with Crippen molar-refractivity contribution in [2.24, 2.45) is 5.73 Å². The normalized spacial score (nSPS) is 17.6. The molecule has 0 spiro atoms. The lowest BCUT2D eigenvalue weighted by Gasteiger charge is -2.31. The van der Waals surface area contributed by atoms with Crippen molar-refractivity contribution in [2.75, 3.05) is 26.2 Å². The number of nitrogens with zero attached hydrogens (tertiary/aromatic N) is 1. The van der Waals surface area contributed by atoms with Crippen LogP contribution in [-0.2, 0) is 6.42 Å². The number of nitrogens with one attached hydrogen (secondary N) is 1. The summed E-state index contributed by atoms with van der Waals surface area (Å²) in [5, 5.41) is 3.10. The summed E-state index contributed by atoms with van der Waals surface area (Å²) in [5.41, 5.74) is 6.22. The van der Waals surface area contributed by atoms with Crippen LogP contribution in [0, 0.1) is 0 Å². The van der Waals surface area contributed by atoms with Crippen LogP contribution in [-0.4, -0.2) is 43.0 Å². The number of aryl methyl sites for hydroxylation is 1. The van der Waals surface area contributed by atoms with Gasteiger partial charge in [0.05, 0.1) is 11.8 Å². The zero-order valence-electron chi connectivity index (χ0n) is 11.5. The van der Waals surface area contributed by atoms with E-state index >= 15 is 0 Å². The molecule has 19 heavy (non-hydrogen) atoms. The molecular formula is C14H23N3O2. The standard InChI is InChI=1S/C14H23N3O2/c1-2-13-12(5-10-19-13)14(18)16-11-3-7-17(8-4-11)9-6-15/h5,10-11H,2-4,6-9,15H2,1H3,(H,16,18). The molecule has 106 valence electrons. The maximum atomic E-state index is 12.2. The Kier molecular flexibility index (Phi) is 4.99. The fraction of sp³-hybridized carbons (Fsp3) is 0.643. The first-order chi connectivity index (χ1) is 9.24. The number of carbonyl (C=O) groups excluding carboxylic acids is 1. The van der Waals surface area contributed by atoms with Crippen molar-refractivity contribution in [1.82, 2.24) is 10.2 Å². The zero-order chi connectivity index (χ0) is 13.7. The van der Waals surface area contributed by atoms with E-state index in [1.54, 1.807) is 12.3 Å². The van der Waals surface area contributed by atoms with E-state index in [-0.39, 0.29) is 11.9 Å². The number of amides is 1. The number of furan rings is 1. The van der Waals surface area contributed by atoms with E-state index in [4.69, 9.17) is 10.2 Å². The van der Waals surface area contributed by atoms with Crippen LogP contribution in [0.4, 0.5) is 0 Å². The van der Waals surface area contributed by atoms with Gasteiger partial charge in [0, 0.05) is 38.6 Å². The summed E-state index contributed by atoms with van der Waals surface area (Å²) < 4.78 is 5.29. The Morgan fingerprint density at radius 2 is 2.26 bits per heavy atom. The summed E-state index contributed by atoms with van der Waals surface area (Å²) in [6, 6.07) is 2.01. The fourth-order valence-electron chi connectivity index (χ4n) is 2.56. The van der Waals surface area contributed by atoms with Gasteiger partial charge in [-0.1, -0.05) is 6.92 Å². The first-order valence-electron chi connectivity index (χ1n) is 7.04. The minimum absolute atomic E-state index is 0.0112. The lowest BCUT2D eigenvalue weighted by Crippen LogP contribution is -2.45. The minimum Gasteiger partial charge on any atom is -0.469 e. The van der Waals surface area contributed by atoms with Gasteiger partial charge in [0.15, 0.2) is 0 Å². The van der Waals surface area contributed by atoms with E-state index in [1.165, 1.54) is 0 Å². The molecule has 1 amide bonds. The summed E-state index contributed by atoms with van der Waals surface area (Å²) in [4.78, 5) is 14.5. The summed E-state index contributed by atoms with van der Waals surface area (Å²) in [7, 11) is 0. The molecule has 1 aromatic rings. The Hall–Kier alpha value is -1.33. The molecule has 1 aliphatic rings. The highest BCUT2D eigenvalue weighted by Crippen LogP contribution is 2.14. The van der Waals surface area contributed by atoms with E-state index in [0.717, 1.165) is 44.7 Å². The molecule has 0 radical (unpaired) electrons. The van der Waals surface area contributed by atoms with E-state index in [1.807, 2.05) is 6.92 Å². The highest BCUT2D eigenvalue weighted by atomic mass is 16.3. The van der Waals surface area contributed by atoms with Crippen molar-refractivity contribution in [1.29, 1.82) is 0 Å². The Labute approximate surface area is 114 Å². The summed E-state index contributed by atoms with van der Waals surface area (Å²) in [6.45, 7) is 5.65. The molecule has 0 saturated carbocycles. The van der Waals surface area contributed by atoms with Gasteiger partial charge in [-0.25, -0.2) is 0 Å². The average Bonchev–Trinajstić information content (AvgIpc) is 2.90. The van der Waals surface area contributed by atoms with Crippen molar-refractivity contribution in [2.45, 2.75) is 32.2 Å². The van der Waals surface area contributed by atoms with Crippen LogP contribution in [0.2, 0.25) is 0 Å². The van der Waals surface area contributed by atoms with Crippen LogP contribution in [0.3, 0.4) is 0 Å². The topological polar surface area (TPSA) is 71.5 Å². The third-order valence-corrected chi connectivity index (χ3v) is 3.68. The molecule has 0 bridgehead atoms. The van der Waals surface area contributed by atoms with Gasteiger partial charge in [0.1, 0.15) is 5.76 Å². The molecule has 1 fully saturated rings. The van der Waals surface area contributed by atoms with Crippen molar-refractivity contribution in [3.8, 4) is 0 Å². The second-order valence-corrected chi connectivity index (χ2v) is 4.99. The van der Waals surface area contributed by atoms with E-state index < -0.39 is 0 Å². The van der Waals surface area contributed by atoms with Crippen molar-refractivity contribution >= 4 is 5.91 Å². The first kappa shape index (κ1) is 14.1. The van der Waals surface area contributed by atoms with Gasteiger partial charge in [-0.3, -0.25) is 4.79 Å². The molecule has 0 unspecified atom stereocenters. The SMILES string of the molecule is CCc1occc1C(=O)NC1CCN(CCN)CC1. The smallest absolute Gasteiger partial charge is 0.255 e. The lowest BCUT2D eigenvalue weighted by atomic mass is 10.0. The Balaban J connectivity index is 1.84. The van der Waals surface area contributed by atoms with Crippen LogP contribution in [0.15, 0.2) is 16.7 Å². The van der Waals surface area contributed by atoms with Gasteiger partial charge >= 0.3 is 0 Å². The summed E-state index contributed by atoms with van der Waals surface area (Å²) in [5.74, 6) is 0.751. The number of likely N-dealkylation sites (tertiary alicyclic amines) is 1. The van der Waals surface area contributed by atoms with Crippen molar-refractivity contribution < 1.29 is 9.21 Å². The Morgan fingerprint density at radius 1 is 1.53 bits per heavy atom. The monoisotopic (exact) mass is 265 g/mol. The largest absolute Gasteiger partial charge is 0.469 e. The molecule has 1 aromatic heterocycles. The zero-order valence-corrected chi connectivity index (χ0v) is 11.5. The molecule has 1 saturated heterocycles. The number of rotatable bonds is 5. The highest BCUT2D eigenvalue weighted by molar-refractivity contribution is 5.95. The highest BCUT2D eigenvalue weighted by Gasteiger charge is 2.22. The molecule has 0 aromatic carbocycles. The molecule has 2 heterocycles. The van der Waals surface area contributed by atoms with Gasteiger partial charge in [0.25, 0.3) is 5.91 Å². The quantitative estimate of drug-likeness (QED) is 0.833. The van der Waals surface area contributed by atoms with Crippen LogP contribution in [0.1, 0.15) is 35.9 Å². The number of nitrogens with two attached hydrogens (primary N) is 1. The van der Waals surface area contributed by atoms with Gasteiger partial charge in [0.2, 0.25) is 0 Å². The summed E-state index contributed by atoms with van der Waals surface area (Å²) in [6.07, 6.45) is 4.30. The second-order valence-electron chi connectivity index (χ2n) is 4.99. The molecule has 5 nitrogen and oxygen atoms in total. The van der Waals surface area contributed by atoms with Crippen LogP contribution >= 0.6 is 0 Å². The molecule has 0 aliphatic carbocycles. The Morgan fingerprint density at radius 3 is 2.89 bits per heavy atom. The molecule has 3 N–H and O–H groups in total. The number of hydrogen-bond donors (Lipinski definition) is 2. The van der Waals surface area contributed by atoms with Crippen molar-refractivity contribution in [3.63, 3.8) is 0 Å². The predicted octanol–water partition coefficient (Wildman–Crippen LogP) is 0.995. The van der Waals surface area contributed by atoms with Crippen LogP contribution < -0.4 is 11.1 Å². The first-order valence-corrected chi connectivity index (χ1v) is 7.04. The van der Waals surface area contributed by atoms with Gasteiger partial charge in [-0.05, 0) is 18.9 Å². The molecule has 1 aliphatic heterocycles. The second kappa shape index (κ2) is 6.73. The molecule has 2 rings (SSSR count). The number of hydrogen-bond acceptors (Lipinski definition) is 4. The predicted molar refractivity (Wildman–Crippen MR) is 74.1 cm³/mol. The van der Waals surface area contributed by atoms with Crippen LogP contribution in [0.5, 0.6) is 0 Å². The Bertz CT molecular complexity index is 409. The van der Waals surface area contributed by atoms with Crippen molar-refractivity contribution in [3.05, 3.63) is 23.7 Å². The third-order valence-electron chi connectivity index (χ3n) is 3.68. The maximum Gasteiger partial charge on any atom is 0.255 e. The maximum absolute atomic E-state index is 12.2. The lowest BCUT2D eigenvalue weighted by molar-refractivity contribution is 0.0910. The van der Waals surface area contributed by atoms with Gasteiger partial charge in [-0.15, -0.1) is 0 Å². The van der Waals surface area contributed by atoms with E-state index in [0.29, 0.717) is 12.1 Å². The number of piperidine rings is 1. The third kappa shape index (κ3) is 3.58. The van der Waals surface area contributed by atoms with E-state index in [2.05, 4.69) is 10.2 Å². The molecule has 5 heteroatoms. The molecular weight excluding hydrogens is 242 g/mol. The van der Waals surface area contributed by atoms with Crippen LogP contribution in [0.25, 0.3) is 0 Å². The fourth-order valence-corrected chi connectivity index (χ4v) is 2.56. The van der Waals surface area contributed by atoms with Gasteiger partial charge in [-0.2, -0.15) is 0 Å². The molecule has 0 atom stereocenters. The average molecular weight is 265 g/mol. The summed E-state index contributed by atoms with van der Waals surface area (Å²) >= 11 is 0.